The van der Waals surface area contributed by atoms with Crippen molar-refractivity contribution >= 4 is 16.5 Å². The van der Waals surface area contributed by atoms with Gasteiger partial charge in [0.15, 0.2) is 5.13 Å². The van der Waals surface area contributed by atoms with Crippen molar-refractivity contribution in [1.29, 1.82) is 0 Å². The van der Waals surface area contributed by atoms with Crippen LogP contribution in [-0.2, 0) is 11.3 Å². The molecule has 4 heteroatoms. The molecule has 0 aliphatic heterocycles. The lowest BCUT2D eigenvalue weighted by molar-refractivity contribution is 0.114. The Bertz CT molecular complexity index is 568. The average molecular weight is 333 g/mol. The molecule has 126 valence electrons. The molecular weight excluding hydrogens is 304 g/mol. The van der Waals surface area contributed by atoms with Crippen LogP contribution in [0.25, 0.3) is 0 Å². The summed E-state index contributed by atoms with van der Waals surface area (Å²) in [6, 6.07) is 10.6. The van der Waals surface area contributed by atoms with E-state index in [0.717, 1.165) is 30.4 Å². The van der Waals surface area contributed by atoms with Crippen molar-refractivity contribution in [3.05, 3.63) is 46.5 Å². The quantitative estimate of drug-likeness (QED) is 0.594. The number of benzene rings is 1. The molecule has 0 fully saturated rings. The van der Waals surface area contributed by atoms with E-state index in [9.17, 15) is 0 Å². The summed E-state index contributed by atoms with van der Waals surface area (Å²) < 4.78 is 5.73. The lowest BCUT2D eigenvalue weighted by Gasteiger charge is -2.12. The minimum atomic E-state index is 0.467. The summed E-state index contributed by atoms with van der Waals surface area (Å²) in [7, 11) is 0. The van der Waals surface area contributed by atoms with E-state index >= 15 is 0 Å². The van der Waals surface area contributed by atoms with Crippen LogP contribution in [-0.4, -0.2) is 18.1 Å². The van der Waals surface area contributed by atoms with Crippen LogP contribution in [0.5, 0.6) is 0 Å². The highest BCUT2D eigenvalue weighted by Crippen LogP contribution is 2.24. The first-order valence-electron chi connectivity index (χ1n) is 8.53. The molecule has 0 saturated heterocycles. The third kappa shape index (κ3) is 5.96. The van der Waals surface area contributed by atoms with E-state index in [1.165, 1.54) is 23.3 Å². The molecule has 0 amide bonds. The molecule has 0 aliphatic rings. The van der Waals surface area contributed by atoms with Crippen LogP contribution in [0.4, 0.5) is 5.13 Å². The predicted octanol–water partition coefficient (Wildman–Crippen LogP) is 5.37. The fraction of sp³-hybridized carbons (Fsp3) is 0.526. The highest BCUT2D eigenvalue weighted by molar-refractivity contribution is 7.15. The summed E-state index contributed by atoms with van der Waals surface area (Å²) in [5.41, 5.74) is 2.43. The fourth-order valence-electron chi connectivity index (χ4n) is 2.40. The van der Waals surface area contributed by atoms with Gasteiger partial charge in [0.1, 0.15) is 0 Å². The number of nitrogens with zero attached hydrogens (tertiary/aromatic N) is 1. The average Bonchev–Trinajstić information content (AvgIpc) is 2.93. The summed E-state index contributed by atoms with van der Waals surface area (Å²) in [5, 5.41) is 4.46. The van der Waals surface area contributed by atoms with Crippen molar-refractivity contribution in [1.82, 2.24) is 4.98 Å². The maximum Gasteiger partial charge on any atom is 0.183 e. The van der Waals surface area contributed by atoms with Crippen LogP contribution >= 0.6 is 11.3 Å². The smallest absolute Gasteiger partial charge is 0.183 e. The normalized spacial score (nSPS) is 12.3. The topological polar surface area (TPSA) is 34.1 Å². The van der Waals surface area contributed by atoms with Crippen molar-refractivity contribution in [2.45, 2.75) is 52.6 Å². The van der Waals surface area contributed by atoms with E-state index in [0.29, 0.717) is 12.5 Å². The third-order valence-corrected chi connectivity index (χ3v) is 4.92. The SMILES string of the molecule is CCCCCOCc1nc(NCC(C)c2ccccc2)sc1C. The zero-order chi connectivity index (χ0) is 16.5. The summed E-state index contributed by atoms with van der Waals surface area (Å²) in [6.07, 6.45) is 3.60. The molecule has 1 aromatic carbocycles. The molecule has 1 heterocycles. The molecule has 3 nitrogen and oxygen atoms in total. The van der Waals surface area contributed by atoms with E-state index in [4.69, 9.17) is 4.74 Å². The summed E-state index contributed by atoms with van der Waals surface area (Å²) >= 11 is 1.72. The zero-order valence-corrected chi connectivity index (χ0v) is 15.3. The molecule has 0 radical (unpaired) electrons. The molecule has 0 spiro atoms. The summed E-state index contributed by atoms with van der Waals surface area (Å²) in [6.45, 7) is 8.92. The van der Waals surface area contributed by atoms with Gasteiger partial charge in [0.05, 0.1) is 12.3 Å². The van der Waals surface area contributed by atoms with Gasteiger partial charge in [0.2, 0.25) is 0 Å². The second-order valence-corrected chi connectivity index (χ2v) is 7.18. The van der Waals surface area contributed by atoms with Gasteiger partial charge in [-0.1, -0.05) is 57.0 Å². The minimum absolute atomic E-state index is 0.467. The van der Waals surface area contributed by atoms with Gasteiger partial charge in [-0.05, 0) is 24.8 Å². The van der Waals surface area contributed by atoms with E-state index < -0.39 is 0 Å². The second kappa shape index (κ2) is 9.68. The van der Waals surface area contributed by atoms with E-state index in [2.05, 4.69) is 61.4 Å². The van der Waals surface area contributed by atoms with Gasteiger partial charge in [-0.2, -0.15) is 0 Å². The van der Waals surface area contributed by atoms with Crippen LogP contribution in [0.2, 0.25) is 0 Å². The number of hydrogen-bond acceptors (Lipinski definition) is 4. The number of aryl methyl sites for hydroxylation is 1. The number of unbranched alkanes of at least 4 members (excludes halogenated alkanes) is 2. The van der Waals surface area contributed by atoms with Gasteiger partial charge in [0, 0.05) is 18.0 Å². The molecule has 1 atom stereocenters. The van der Waals surface area contributed by atoms with Crippen molar-refractivity contribution in [2.24, 2.45) is 0 Å². The molecule has 1 aromatic heterocycles. The van der Waals surface area contributed by atoms with Crippen LogP contribution in [0.3, 0.4) is 0 Å². The molecule has 1 unspecified atom stereocenters. The molecule has 23 heavy (non-hydrogen) atoms. The number of rotatable bonds is 10. The van der Waals surface area contributed by atoms with Crippen LogP contribution < -0.4 is 5.32 Å². The molecule has 2 rings (SSSR count). The van der Waals surface area contributed by atoms with Gasteiger partial charge in [-0.25, -0.2) is 4.98 Å². The first kappa shape index (κ1) is 18.0. The molecule has 0 bridgehead atoms. The second-order valence-electron chi connectivity index (χ2n) is 5.97. The van der Waals surface area contributed by atoms with Crippen molar-refractivity contribution in [2.75, 3.05) is 18.5 Å². The van der Waals surface area contributed by atoms with Crippen molar-refractivity contribution in [3.63, 3.8) is 0 Å². The molecule has 1 N–H and O–H groups in total. The Labute approximate surface area is 144 Å². The summed E-state index contributed by atoms with van der Waals surface area (Å²) in [4.78, 5) is 5.92. The van der Waals surface area contributed by atoms with E-state index in [1.807, 2.05) is 0 Å². The highest BCUT2D eigenvalue weighted by Gasteiger charge is 2.10. The molecule has 0 saturated carbocycles. The lowest BCUT2D eigenvalue weighted by atomic mass is 10.0. The number of aromatic nitrogens is 1. The fourth-order valence-corrected chi connectivity index (χ4v) is 3.22. The molecule has 0 aliphatic carbocycles. The van der Waals surface area contributed by atoms with Gasteiger partial charge >= 0.3 is 0 Å². The Kier molecular flexibility index (Phi) is 7.56. The van der Waals surface area contributed by atoms with E-state index in [-0.39, 0.29) is 0 Å². The van der Waals surface area contributed by atoms with Gasteiger partial charge in [0.25, 0.3) is 0 Å². The minimum Gasteiger partial charge on any atom is -0.375 e. The first-order valence-corrected chi connectivity index (χ1v) is 9.35. The molecule has 2 aromatic rings. The maximum absolute atomic E-state index is 5.73. The third-order valence-electron chi connectivity index (χ3n) is 3.95. The number of thiazole rings is 1. The number of anilines is 1. The van der Waals surface area contributed by atoms with Crippen LogP contribution in [0, 0.1) is 6.92 Å². The predicted molar refractivity (Wildman–Crippen MR) is 99.4 cm³/mol. The Morgan fingerprint density at radius 1 is 1.22 bits per heavy atom. The van der Waals surface area contributed by atoms with Gasteiger partial charge in [-0.3, -0.25) is 0 Å². The molecular formula is C19H28N2OS. The van der Waals surface area contributed by atoms with Gasteiger partial charge < -0.3 is 10.1 Å². The van der Waals surface area contributed by atoms with Crippen LogP contribution in [0.15, 0.2) is 30.3 Å². The Balaban J connectivity index is 1.79. The highest BCUT2D eigenvalue weighted by atomic mass is 32.1. The van der Waals surface area contributed by atoms with Crippen molar-refractivity contribution < 1.29 is 4.74 Å². The van der Waals surface area contributed by atoms with E-state index in [1.54, 1.807) is 11.3 Å². The lowest BCUT2D eigenvalue weighted by Crippen LogP contribution is -2.09. The number of nitrogens with one attached hydrogen (secondary N) is 1. The Morgan fingerprint density at radius 3 is 2.74 bits per heavy atom. The summed E-state index contributed by atoms with van der Waals surface area (Å²) in [5.74, 6) is 0.467. The monoisotopic (exact) mass is 332 g/mol. The largest absolute Gasteiger partial charge is 0.375 e. The number of hydrogen-bond donors (Lipinski definition) is 1. The zero-order valence-electron chi connectivity index (χ0n) is 14.5. The first-order chi connectivity index (χ1) is 11.2. The maximum atomic E-state index is 5.73. The van der Waals surface area contributed by atoms with Crippen LogP contribution in [0.1, 0.15) is 55.2 Å². The standard InChI is InChI=1S/C19H28N2OS/c1-4-5-9-12-22-14-18-16(3)23-19(21-18)20-13-15(2)17-10-7-6-8-11-17/h6-8,10-11,15H,4-5,9,12-14H2,1-3H3,(H,20,21). The Morgan fingerprint density at radius 2 is 2.00 bits per heavy atom. The number of ether oxygens (including phenoxy) is 1. The van der Waals surface area contributed by atoms with Gasteiger partial charge in [-0.15, -0.1) is 11.3 Å². The van der Waals surface area contributed by atoms with Crippen molar-refractivity contribution in [3.8, 4) is 0 Å². The Hall–Kier alpha value is -1.39.